The van der Waals surface area contributed by atoms with Crippen molar-refractivity contribution >= 4 is 11.5 Å². The van der Waals surface area contributed by atoms with Crippen molar-refractivity contribution in [2.75, 3.05) is 13.7 Å². The summed E-state index contributed by atoms with van der Waals surface area (Å²) in [5, 5.41) is 13.0. The first kappa shape index (κ1) is 15.6. The molecule has 1 fully saturated rings. The molecule has 0 unspecified atom stereocenters. The van der Waals surface area contributed by atoms with E-state index in [0.717, 1.165) is 36.1 Å². The van der Waals surface area contributed by atoms with Crippen LogP contribution in [-0.4, -0.2) is 35.4 Å². The first-order valence-corrected chi connectivity index (χ1v) is 8.53. The van der Waals surface area contributed by atoms with Crippen molar-refractivity contribution in [2.45, 2.75) is 37.9 Å². The number of nitrogens with zero attached hydrogens (tertiary/aromatic N) is 1. The molecule has 2 aliphatic heterocycles. The summed E-state index contributed by atoms with van der Waals surface area (Å²) in [6.45, 7) is 0.431. The van der Waals surface area contributed by atoms with E-state index < -0.39 is 6.04 Å². The molecule has 1 saturated heterocycles. The summed E-state index contributed by atoms with van der Waals surface area (Å²) in [7, 11) is 1.35. The highest BCUT2D eigenvalue weighted by molar-refractivity contribution is 5.77. The number of carbonyl (C=O) groups is 1. The van der Waals surface area contributed by atoms with E-state index in [4.69, 9.17) is 4.74 Å². The predicted octanol–water partition coefficient (Wildman–Crippen LogP) is 0.840. The Bertz CT molecular complexity index is 767. The van der Waals surface area contributed by atoms with Crippen LogP contribution in [0.3, 0.4) is 0 Å². The SMILES string of the molecule is COC(=O)[C@H]1N[C@H]2c3ccc(C4=CCCC4)c(=O)n3C[C@H]2[C@@H]1CO. The Labute approximate surface area is 140 Å². The van der Waals surface area contributed by atoms with E-state index in [-0.39, 0.29) is 36.0 Å². The topological polar surface area (TPSA) is 80.6 Å². The van der Waals surface area contributed by atoms with Crippen molar-refractivity contribution in [1.82, 2.24) is 9.88 Å². The number of hydrogen-bond acceptors (Lipinski definition) is 5. The van der Waals surface area contributed by atoms with Crippen molar-refractivity contribution in [3.63, 3.8) is 0 Å². The van der Waals surface area contributed by atoms with Crippen LogP contribution in [-0.2, 0) is 16.1 Å². The lowest BCUT2D eigenvalue weighted by Gasteiger charge is -2.19. The molecule has 0 aromatic carbocycles. The molecule has 3 aliphatic rings. The third-order valence-electron chi connectivity index (χ3n) is 5.74. The van der Waals surface area contributed by atoms with Gasteiger partial charge in [0, 0.05) is 36.2 Å². The summed E-state index contributed by atoms with van der Waals surface area (Å²) < 4.78 is 6.65. The maximum atomic E-state index is 12.9. The Morgan fingerprint density at radius 2 is 2.29 bits per heavy atom. The van der Waals surface area contributed by atoms with Crippen LogP contribution in [0.25, 0.3) is 5.57 Å². The Morgan fingerprint density at radius 3 is 2.96 bits per heavy atom. The number of methoxy groups -OCH3 is 1. The van der Waals surface area contributed by atoms with E-state index in [1.54, 1.807) is 0 Å². The third kappa shape index (κ3) is 2.17. The van der Waals surface area contributed by atoms with Gasteiger partial charge in [0.05, 0.1) is 13.2 Å². The number of carbonyl (C=O) groups excluding carboxylic acids is 1. The average molecular weight is 330 g/mol. The minimum absolute atomic E-state index is 0.0274. The van der Waals surface area contributed by atoms with E-state index >= 15 is 0 Å². The molecule has 1 aromatic rings. The quantitative estimate of drug-likeness (QED) is 0.803. The second-order valence-electron chi connectivity index (χ2n) is 6.86. The highest BCUT2D eigenvalue weighted by Crippen LogP contribution is 2.43. The Hall–Kier alpha value is -1.92. The van der Waals surface area contributed by atoms with Crippen LogP contribution in [0.2, 0.25) is 0 Å². The molecule has 2 N–H and O–H groups in total. The number of hydrogen-bond donors (Lipinski definition) is 2. The molecule has 4 rings (SSSR count). The van der Waals surface area contributed by atoms with Gasteiger partial charge in [-0.05, 0) is 37.0 Å². The molecule has 0 amide bonds. The van der Waals surface area contributed by atoms with Gasteiger partial charge in [-0.2, -0.15) is 0 Å². The van der Waals surface area contributed by atoms with Crippen molar-refractivity contribution in [1.29, 1.82) is 0 Å². The largest absolute Gasteiger partial charge is 0.468 e. The second kappa shape index (κ2) is 5.86. The van der Waals surface area contributed by atoms with E-state index in [1.165, 1.54) is 7.11 Å². The lowest BCUT2D eigenvalue weighted by Crippen LogP contribution is -2.40. The number of allylic oxidation sites excluding steroid dienone is 2. The van der Waals surface area contributed by atoms with Gasteiger partial charge in [0.25, 0.3) is 5.56 Å². The zero-order valence-electron chi connectivity index (χ0n) is 13.7. The fraction of sp³-hybridized carbons (Fsp3) is 0.556. The lowest BCUT2D eigenvalue weighted by atomic mass is 9.88. The molecule has 0 bridgehead atoms. The van der Waals surface area contributed by atoms with Gasteiger partial charge in [-0.15, -0.1) is 0 Å². The van der Waals surface area contributed by atoms with E-state index in [9.17, 15) is 14.7 Å². The van der Waals surface area contributed by atoms with Crippen LogP contribution in [0.1, 0.15) is 36.6 Å². The molecule has 3 heterocycles. The molecule has 24 heavy (non-hydrogen) atoms. The van der Waals surface area contributed by atoms with Crippen LogP contribution >= 0.6 is 0 Å². The molecule has 1 aromatic heterocycles. The smallest absolute Gasteiger partial charge is 0.323 e. The number of ether oxygens (including phenoxy) is 1. The Balaban J connectivity index is 1.70. The summed E-state index contributed by atoms with van der Waals surface area (Å²) in [5.74, 6) is -0.569. The van der Waals surface area contributed by atoms with Gasteiger partial charge in [-0.1, -0.05) is 6.08 Å². The highest BCUT2D eigenvalue weighted by Gasteiger charge is 2.50. The van der Waals surface area contributed by atoms with Gasteiger partial charge in [0.15, 0.2) is 0 Å². The van der Waals surface area contributed by atoms with Gasteiger partial charge in [-0.3, -0.25) is 14.9 Å². The first-order chi connectivity index (χ1) is 11.7. The van der Waals surface area contributed by atoms with Crippen molar-refractivity contribution < 1.29 is 14.6 Å². The highest BCUT2D eigenvalue weighted by atomic mass is 16.5. The summed E-state index contributed by atoms with van der Waals surface area (Å²) in [5.41, 5.74) is 2.88. The lowest BCUT2D eigenvalue weighted by molar-refractivity contribution is -0.144. The number of pyridine rings is 1. The molecular weight excluding hydrogens is 308 g/mol. The number of aliphatic hydroxyl groups is 1. The fourth-order valence-corrected chi connectivity index (χ4v) is 4.51. The number of fused-ring (bicyclic) bond motifs is 3. The van der Waals surface area contributed by atoms with Crippen molar-refractivity contribution in [2.24, 2.45) is 11.8 Å². The minimum atomic E-state index is -0.518. The summed E-state index contributed by atoms with van der Waals surface area (Å²) in [4.78, 5) is 24.8. The molecule has 1 aliphatic carbocycles. The zero-order chi connectivity index (χ0) is 16.8. The van der Waals surface area contributed by atoms with Crippen molar-refractivity contribution in [3.05, 3.63) is 39.8 Å². The normalized spacial score (nSPS) is 30.8. The van der Waals surface area contributed by atoms with Gasteiger partial charge in [0.2, 0.25) is 0 Å². The van der Waals surface area contributed by atoms with Gasteiger partial charge >= 0.3 is 5.97 Å². The number of aromatic nitrogens is 1. The molecule has 0 spiro atoms. The number of esters is 1. The molecule has 0 saturated carbocycles. The molecule has 4 atom stereocenters. The van der Waals surface area contributed by atoms with Crippen LogP contribution in [0.15, 0.2) is 23.0 Å². The number of aliphatic hydroxyl groups excluding tert-OH is 1. The summed E-state index contributed by atoms with van der Waals surface area (Å²) >= 11 is 0. The average Bonchev–Trinajstić information content (AvgIpc) is 3.29. The molecule has 6 nitrogen and oxygen atoms in total. The second-order valence-corrected chi connectivity index (χ2v) is 6.86. The van der Waals surface area contributed by atoms with Crippen LogP contribution in [0.5, 0.6) is 0 Å². The molecular formula is C18H22N2O4. The standard InChI is InChI=1S/C18H22N2O4/c1-24-18(23)16-13(9-21)12-8-20-14(15(12)19-16)7-6-11(17(20)22)10-4-2-3-5-10/h4,6-7,12-13,15-16,19,21H,2-3,5,8-9H2,1H3/t12-,13-,15+,16-/m0/s1. The minimum Gasteiger partial charge on any atom is -0.468 e. The number of nitrogens with one attached hydrogen (secondary N) is 1. The van der Waals surface area contributed by atoms with E-state index in [2.05, 4.69) is 11.4 Å². The van der Waals surface area contributed by atoms with Gasteiger partial charge < -0.3 is 14.4 Å². The van der Waals surface area contributed by atoms with E-state index in [1.807, 2.05) is 16.7 Å². The van der Waals surface area contributed by atoms with E-state index in [0.29, 0.717) is 6.54 Å². The van der Waals surface area contributed by atoms with Crippen LogP contribution < -0.4 is 10.9 Å². The van der Waals surface area contributed by atoms with Crippen LogP contribution in [0.4, 0.5) is 0 Å². The molecule has 6 heteroatoms. The predicted molar refractivity (Wildman–Crippen MR) is 88.3 cm³/mol. The number of rotatable bonds is 3. The van der Waals surface area contributed by atoms with Gasteiger partial charge in [-0.25, -0.2) is 0 Å². The maximum Gasteiger partial charge on any atom is 0.323 e. The van der Waals surface area contributed by atoms with Gasteiger partial charge in [0.1, 0.15) is 6.04 Å². The van der Waals surface area contributed by atoms with Crippen molar-refractivity contribution in [3.8, 4) is 0 Å². The third-order valence-corrected chi connectivity index (χ3v) is 5.74. The Morgan fingerprint density at radius 1 is 1.46 bits per heavy atom. The summed E-state index contributed by atoms with van der Waals surface area (Å²) in [6, 6.07) is 3.29. The first-order valence-electron chi connectivity index (χ1n) is 8.53. The molecule has 128 valence electrons. The molecule has 0 radical (unpaired) electrons. The summed E-state index contributed by atoms with van der Waals surface area (Å²) in [6.07, 6.45) is 5.26. The Kier molecular flexibility index (Phi) is 3.81. The van der Waals surface area contributed by atoms with Crippen LogP contribution in [0, 0.1) is 11.8 Å². The fourth-order valence-electron chi connectivity index (χ4n) is 4.51. The monoisotopic (exact) mass is 330 g/mol. The zero-order valence-corrected chi connectivity index (χ0v) is 13.7. The maximum absolute atomic E-state index is 12.9.